The first kappa shape index (κ1) is 71.8. The van der Waals surface area contributed by atoms with Crippen LogP contribution in [-0.4, -0.2) is 37.2 Å². The largest absolute Gasteiger partial charge is 0.462 e. The van der Waals surface area contributed by atoms with Crippen LogP contribution in [0, 0.1) is 0 Å². The summed E-state index contributed by atoms with van der Waals surface area (Å²) in [5.41, 5.74) is 0. The van der Waals surface area contributed by atoms with Crippen LogP contribution in [0.2, 0.25) is 0 Å². The molecular weight excluding hydrogens is 925 g/mol. The summed E-state index contributed by atoms with van der Waals surface area (Å²) in [6.45, 7) is 6.52. The third-order valence-corrected chi connectivity index (χ3v) is 14.2. The van der Waals surface area contributed by atoms with E-state index in [4.69, 9.17) is 14.2 Å². The fraction of sp³-hybridized carbons (Fsp3) is 0.783. The number of hydrogen-bond acceptors (Lipinski definition) is 6. The van der Waals surface area contributed by atoms with Crippen molar-refractivity contribution >= 4 is 17.9 Å². The van der Waals surface area contributed by atoms with E-state index >= 15 is 0 Å². The van der Waals surface area contributed by atoms with E-state index < -0.39 is 6.10 Å². The van der Waals surface area contributed by atoms with Crippen LogP contribution in [0.4, 0.5) is 0 Å². The lowest BCUT2D eigenvalue weighted by Crippen LogP contribution is -2.30. The van der Waals surface area contributed by atoms with Crippen LogP contribution >= 0.6 is 0 Å². The summed E-state index contributed by atoms with van der Waals surface area (Å²) < 4.78 is 16.9. The molecule has 0 bridgehead atoms. The molecular formula is C69H122O6. The number of allylic oxidation sites excluding steroid dienone is 12. The van der Waals surface area contributed by atoms with Crippen LogP contribution < -0.4 is 0 Å². The summed E-state index contributed by atoms with van der Waals surface area (Å²) >= 11 is 0. The molecule has 6 nitrogen and oxygen atoms in total. The molecule has 0 aliphatic carbocycles. The second-order valence-corrected chi connectivity index (χ2v) is 21.6. The molecule has 1 atom stereocenters. The molecule has 75 heavy (non-hydrogen) atoms. The summed E-state index contributed by atoms with van der Waals surface area (Å²) in [6.07, 6.45) is 82.2. The van der Waals surface area contributed by atoms with Crippen LogP contribution in [0.15, 0.2) is 72.9 Å². The van der Waals surface area contributed by atoms with Crippen LogP contribution in [0.1, 0.15) is 329 Å². The lowest BCUT2D eigenvalue weighted by atomic mass is 10.0. The molecule has 0 N–H and O–H groups in total. The SMILES string of the molecule is CC/C=C\C/C=C\C/C=C\CCCCCCCCCC(=O)OC(COC(=O)CCCCCCCCCCC)COC(=O)CCCCCCCCCCCCCCCCCC/C=C\C/C=C\C/C=C\CCCCCCC. The van der Waals surface area contributed by atoms with Gasteiger partial charge in [-0.05, 0) is 89.9 Å². The zero-order chi connectivity index (χ0) is 54.3. The molecule has 0 saturated carbocycles. The van der Waals surface area contributed by atoms with Crippen molar-refractivity contribution in [1.29, 1.82) is 0 Å². The number of hydrogen-bond donors (Lipinski definition) is 0. The Kier molecular flexibility index (Phi) is 60.7. The third kappa shape index (κ3) is 61.6. The highest BCUT2D eigenvalue weighted by atomic mass is 16.6. The molecule has 434 valence electrons. The van der Waals surface area contributed by atoms with Gasteiger partial charge in [0.05, 0.1) is 0 Å². The topological polar surface area (TPSA) is 78.9 Å². The van der Waals surface area contributed by atoms with Crippen molar-refractivity contribution < 1.29 is 28.6 Å². The maximum atomic E-state index is 12.9. The summed E-state index contributed by atoms with van der Waals surface area (Å²) in [5, 5.41) is 0. The molecule has 6 heteroatoms. The van der Waals surface area contributed by atoms with Crippen molar-refractivity contribution in [1.82, 2.24) is 0 Å². The maximum absolute atomic E-state index is 12.9. The normalized spacial score (nSPS) is 12.5. The van der Waals surface area contributed by atoms with Gasteiger partial charge in [0.15, 0.2) is 6.10 Å². The lowest BCUT2D eigenvalue weighted by molar-refractivity contribution is -0.167. The van der Waals surface area contributed by atoms with E-state index in [-0.39, 0.29) is 31.1 Å². The Morgan fingerprint density at radius 2 is 0.520 bits per heavy atom. The Morgan fingerprint density at radius 1 is 0.280 bits per heavy atom. The standard InChI is InChI=1S/C69H122O6/c1-4-7-10-13-16-19-21-23-25-27-28-29-30-31-32-33-34-35-36-37-38-39-40-42-43-45-47-50-53-56-59-62-68(71)74-65-66(64-73-67(70)61-58-55-52-49-18-15-12-9-6-3)75-69(72)63-60-57-54-51-48-46-44-41-26-24-22-20-17-14-11-8-5-2/h8,11,17,20-21,23-24,26-28,30-31,66H,4-7,9-10,12-16,18-19,22,25,29,32-65H2,1-3H3/b11-8-,20-17-,23-21-,26-24-,28-27-,31-30-. The van der Waals surface area contributed by atoms with Crippen molar-refractivity contribution in [2.24, 2.45) is 0 Å². The molecule has 0 spiro atoms. The van der Waals surface area contributed by atoms with E-state index in [2.05, 4.69) is 93.7 Å². The van der Waals surface area contributed by atoms with Crippen molar-refractivity contribution in [3.8, 4) is 0 Å². The van der Waals surface area contributed by atoms with Gasteiger partial charge in [0, 0.05) is 19.3 Å². The highest BCUT2D eigenvalue weighted by Crippen LogP contribution is 2.17. The quantitative estimate of drug-likeness (QED) is 0.0261. The molecule has 0 aromatic carbocycles. The van der Waals surface area contributed by atoms with E-state index in [1.54, 1.807) is 0 Å². The molecule has 0 amide bonds. The minimum Gasteiger partial charge on any atom is -0.462 e. The number of ether oxygens (including phenoxy) is 3. The Hall–Kier alpha value is -3.15. The minimum atomic E-state index is -0.778. The molecule has 0 rings (SSSR count). The number of carbonyl (C=O) groups is 3. The molecule has 0 radical (unpaired) electrons. The summed E-state index contributed by atoms with van der Waals surface area (Å²) in [6, 6.07) is 0. The molecule has 0 saturated heterocycles. The highest BCUT2D eigenvalue weighted by Gasteiger charge is 2.19. The first-order valence-electron chi connectivity index (χ1n) is 32.4. The average Bonchev–Trinajstić information content (AvgIpc) is 3.41. The molecule has 0 fully saturated rings. The van der Waals surface area contributed by atoms with Crippen molar-refractivity contribution in [2.75, 3.05) is 13.2 Å². The Balaban J connectivity index is 4.11. The minimum absolute atomic E-state index is 0.0760. The van der Waals surface area contributed by atoms with Gasteiger partial charge in [0.2, 0.25) is 0 Å². The van der Waals surface area contributed by atoms with Crippen LogP contribution in [0.25, 0.3) is 0 Å². The summed E-state index contributed by atoms with van der Waals surface area (Å²) in [5.74, 6) is -0.875. The predicted octanol–water partition coefficient (Wildman–Crippen LogP) is 22.1. The van der Waals surface area contributed by atoms with Gasteiger partial charge in [-0.3, -0.25) is 14.4 Å². The molecule has 1 unspecified atom stereocenters. The number of unbranched alkanes of at least 4 members (excludes halogenated alkanes) is 36. The van der Waals surface area contributed by atoms with Crippen LogP contribution in [0.5, 0.6) is 0 Å². The first-order valence-corrected chi connectivity index (χ1v) is 32.4. The number of carbonyl (C=O) groups excluding carboxylic acids is 3. The monoisotopic (exact) mass is 1050 g/mol. The first-order chi connectivity index (χ1) is 37.0. The fourth-order valence-corrected chi connectivity index (χ4v) is 9.35. The molecule has 0 heterocycles. The fourth-order valence-electron chi connectivity index (χ4n) is 9.35. The Morgan fingerprint density at radius 3 is 0.813 bits per heavy atom. The van der Waals surface area contributed by atoms with E-state index in [1.807, 2.05) is 0 Å². The van der Waals surface area contributed by atoms with Crippen LogP contribution in [0.3, 0.4) is 0 Å². The summed E-state index contributed by atoms with van der Waals surface area (Å²) in [4.78, 5) is 38.1. The Labute approximate surface area is 465 Å². The van der Waals surface area contributed by atoms with Gasteiger partial charge in [-0.1, -0.05) is 293 Å². The van der Waals surface area contributed by atoms with Gasteiger partial charge in [-0.25, -0.2) is 0 Å². The molecule has 0 aromatic heterocycles. The maximum Gasteiger partial charge on any atom is 0.306 e. The van der Waals surface area contributed by atoms with Gasteiger partial charge in [-0.15, -0.1) is 0 Å². The zero-order valence-corrected chi connectivity index (χ0v) is 49.8. The third-order valence-electron chi connectivity index (χ3n) is 14.2. The average molecular weight is 1050 g/mol. The smallest absolute Gasteiger partial charge is 0.306 e. The number of rotatable bonds is 59. The van der Waals surface area contributed by atoms with Gasteiger partial charge >= 0.3 is 17.9 Å². The van der Waals surface area contributed by atoms with Gasteiger partial charge in [-0.2, -0.15) is 0 Å². The van der Waals surface area contributed by atoms with Gasteiger partial charge in [0.25, 0.3) is 0 Å². The molecule has 0 aromatic rings. The second kappa shape index (κ2) is 63.4. The van der Waals surface area contributed by atoms with Crippen molar-refractivity contribution in [3.63, 3.8) is 0 Å². The van der Waals surface area contributed by atoms with E-state index in [9.17, 15) is 14.4 Å². The zero-order valence-electron chi connectivity index (χ0n) is 49.8. The second-order valence-electron chi connectivity index (χ2n) is 21.6. The van der Waals surface area contributed by atoms with E-state index in [0.29, 0.717) is 19.3 Å². The van der Waals surface area contributed by atoms with Gasteiger partial charge < -0.3 is 14.2 Å². The van der Waals surface area contributed by atoms with Crippen LogP contribution in [-0.2, 0) is 28.6 Å². The highest BCUT2D eigenvalue weighted by molar-refractivity contribution is 5.71. The van der Waals surface area contributed by atoms with E-state index in [0.717, 1.165) is 96.3 Å². The number of esters is 3. The van der Waals surface area contributed by atoms with Crippen molar-refractivity contribution in [3.05, 3.63) is 72.9 Å². The van der Waals surface area contributed by atoms with E-state index in [1.165, 1.54) is 193 Å². The Bertz CT molecular complexity index is 1390. The van der Waals surface area contributed by atoms with Gasteiger partial charge in [0.1, 0.15) is 13.2 Å². The predicted molar refractivity (Wildman–Crippen MR) is 325 cm³/mol. The molecule has 0 aliphatic heterocycles. The van der Waals surface area contributed by atoms with Crippen molar-refractivity contribution in [2.45, 2.75) is 335 Å². The lowest BCUT2D eigenvalue weighted by Gasteiger charge is -2.18. The summed E-state index contributed by atoms with van der Waals surface area (Å²) in [7, 11) is 0. The molecule has 0 aliphatic rings.